The Balaban J connectivity index is 1.68. The van der Waals surface area contributed by atoms with Gasteiger partial charge in [-0.1, -0.05) is 56.7 Å². The smallest absolute Gasteiger partial charge is 0.413 e. The molecule has 0 aliphatic carbocycles. The van der Waals surface area contributed by atoms with Gasteiger partial charge in [0.15, 0.2) is 0 Å². The average molecular weight is 471 g/mol. The Morgan fingerprint density at radius 2 is 1.32 bits per heavy atom. The molecule has 0 spiro atoms. The molecule has 2 N–H and O–H groups in total. The number of hydrogen-bond donors (Lipinski definition) is 2. The van der Waals surface area contributed by atoms with E-state index in [1.165, 1.54) is 0 Å². The molecule has 2 aromatic rings. The number of hydrogen-bond acceptors (Lipinski definition) is 6. The Kier molecular flexibility index (Phi) is 11.4. The number of nitrogens with one attached hydrogen (secondary N) is 2. The minimum Gasteiger partial charge on any atom is -0.464 e. The van der Waals surface area contributed by atoms with Crippen LogP contribution in [0.3, 0.4) is 0 Å². The standard InChI is InChI=1S/C26H34N2O6/c1-4-19(2)23(28-26(31)34-22-16-9-6-10-17-22)24(29)32-18-12-11-13-20(3)27-25(30)33-21-14-7-5-8-15-21/h5-10,14-17,19-20,23H,4,11-13,18H2,1-3H3,(H,27,30)(H,28,31). The molecule has 2 amide bonds. The van der Waals surface area contributed by atoms with Crippen LogP contribution in [0.1, 0.15) is 46.5 Å². The lowest BCUT2D eigenvalue weighted by atomic mass is 9.99. The molecule has 0 fully saturated rings. The number of rotatable bonds is 12. The molecular weight excluding hydrogens is 436 g/mol. The minimum atomic E-state index is -0.797. The molecule has 2 rings (SSSR count). The number of unbranched alkanes of at least 4 members (excludes halogenated alkanes) is 1. The molecule has 34 heavy (non-hydrogen) atoms. The van der Waals surface area contributed by atoms with Crippen molar-refractivity contribution in [3.63, 3.8) is 0 Å². The fourth-order valence-corrected chi connectivity index (χ4v) is 3.13. The lowest BCUT2D eigenvalue weighted by Gasteiger charge is -2.22. The van der Waals surface area contributed by atoms with Crippen molar-refractivity contribution in [2.45, 2.75) is 58.5 Å². The van der Waals surface area contributed by atoms with E-state index in [-0.39, 0.29) is 18.6 Å². The van der Waals surface area contributed by atoms with Crippen LogP contribution in [-0.2, 0) is 9.53 Å². The molecule has 0 aromatic heterocycles. The second-order valence-corrected chi connectivity index (χ2v) is 8.12. The average Bonchev–Trinajstić information content (AvgIpc) is 2.82. The van der Waals surface area contributed by atoms with Gasteiger partial charge in [0.25, 0.3) is 0 Å². The number of carbonyl (C=O) groups excluding carboxylic acids is 3. The maximum atomic E-state index is 12.6. The Hall–Kier alpha value is -3.55. The Labute approximate surface area is 201 Å². The predicted octanol–water partition coefficient (Wildman–Crippen LogP) is 5.08. The first kappa shape index (κ1) is 26.7. The first-order valence-electron chi connectivity index (χ1n) is 11.6. The number of ether oxygens (including phenoxy) is 3. The SMILES string of the molecule is CCC(C)C(NC(=O)Oc1ccccc1)C(=O)OCCCCC(C)NC(=O)Oc1ccccc1. The third kappa shape index (κ3) is 9.94. The summed E-state index contributed by atoms with van der Waals surface area (Å²) in [7, 11) is 0. The summed E-state index contributed by atoms with van der Waals surface area (Å²) < 4.78 is 15.8. The fraction of sp³-hybridized carbons (Fsp3) is 0.423. The number of para-hydroxylation sites is 2. The molecule has 3 atom stereocenters. The third-order valence-electron chi connectivity index (χ3n) is 5.29. The van der Waals surface area contributed by atoms with E-state index in [1.54, 1.807) is 48.5 Å². The molecule has 8 nitrogen and oxygen atoms in total. The molecule has 0 radical (unpaired) electrons. The van der Waals surface area contributed by atoms with Crippen molar-refractivity contribution in [1.82, 2.24) is 10.6 Å². The van der Waals surface area contributed by atoms with Crippen molar-refractivity contribution in [2.75, 3.05) is 6.61 Å². The summed E-state index contributed by atoms with van der Waals surface area (Å²) in [4.78, 5) is 36.7. The van der Waals surface area contributed by atoms with Crippen molar-refractivity contribution < 1.29 is 28.6 Å². The predicted molar refractivity (Wildman–Crippen MR) is 129 cm³/mol. The van der Waals surface area contributed by atoms with Crippen LogP contribution >= 0.6 is 0 Å². The second kappa shape index (κ2) is 14.6. The van der Waals surface area contributed by atoms with Crippen molar-refractivity contribution >= 4 is 18.2 Å². The summed E-state index contributed by atoms with van der Waals surface area (Å²) in [5, 5.41) is 5.40. The van der Waals surface area contributed by atoms with Gasteiger partial charge in [-0.2, -0.15) is 0 Å². The van der Waals surface area contributed by atoms with Crippen LogP contribution in [0.25, 0.3) is 0 Å². The van der Waals surface area contributed by atoms with Crippen LogP contribution in [0.2, 0.25) is 0 Å². The zero-order valence-corrected chi connectivity index (χ0v) is 20.0. The van der Waals surface area contributed by atoms with Crippen molar-refractivity contribution in [3.05, 3.63) is 60.7 Å². The number of amides is 2. The molecule has 0 saturated carbocycles. The highest BCUT2D eigenvalue weighted by atomic mass is 16.6. The molecule has 0 heterocycles. The van der Waals surface area contributed by atoms with E-state index in [4.69, 9.17) is 14.2 Å². The van der Waals surface area contributed by atoms with Gasteiger partial charge in [0.2, 0.25) is 0 Å². The van der Waals surface area contributed by atoms with E-state index in [0.29, 0.717) is 30.8 Å². The molecular formula is C26H34N2O6. The van der Waals surface area contributed by atoms with Gasteiger partial charge in [0, 0.05) is 6.04 Å². The summed E-state index contributed by atoms with van der Waals surface area (Å²) in [6, 6.07) is 16.6. The third-order valence-corrected chi connectivity index (χ3v) is 5.29. The van der Waals surface area contributed by atoms with Gasteiger partial charge in [-0.05, 0) is 56.4 Å². The lowest BCUT2D eigenvalue weighted by molar-refractivity contribution is -0.147. The van der Waals surface area contributed by atoms with Crippen LogP contribution in [0, 0.1) is 5.92 Å². The largest absolute Gasteiger partial charge is 0.464 e. The van der Waals surface area contributed by atoms with Gasteiger partial charge in [-0.15, -0.1) is 0 Å². The molecule has 184 valence electrons. The van der Waals surface area contributed by atoms with Gasteiger partial charge in [0.1, 0.15) is 17.5 Å². The monoisotopic (exact) mass is 470 g/mol. The quantitative estimate of drug-likeness (QED) is 0.331. The maximum Gasteiger partial charge on any atom is 0.413 e. The number of carbonyl (C=O) groups is 3. The summed E-state index contributed by atoms with van der Waals surface area (Å²) in [5.74, 6) is 0.274. The van der Waals surface area contributed by atoms with E-state index in [9.17, 15) is 14.4 Å². The lowest BCUT2D eigenvalue weighted by Crippen LogP contribution is -2.47. The molecule has 3 unspecified atom stereocenters. The van der Waals surface area contributed by atoms with Crippen molar-refractivity contribution in [2.24, 2.45) is 5.92 Å². The van der Waals surface area contributed by atoms with Gasteiger partial charge >= 0.3 is 18.2 Å². The first-order valence-corrected chi connectivity index (χ1v) is 11.6. The zero-order chi connectivity index (χ0) is 24.8. The first-order chi connectivity index (χ1) is 16.4. The highest BCUT2D eigenvalue weighted by molar-refractivity contribution is 5.82. The maximum absolute atomic E-state index is 12.6. The Bertz CT molecular complexity index is 891. The molecule has 0 aliphatic rings. The molecule has 0 aliphatic heterocycles. The summed E-state index contributed by atoms with van der Waals surface area (Å²) in [5.41, 5.74) is 0. The van der Waals surface area contributed by atoms with Crippen LogP contribution in [0.15, 0.2) is 60.7 Å². The minimum absolute atomic E-state index is 0.0887. The van der Waals surface area contributed by atoms with E-state index in [2.05, 4.69) is 10.6 Å². The summed E-state index contributed by atoms with van der Waals surface area (Å²) in [6.45, 7) is 5.92. The highest BCUT2D eigenvalue weighted by Gasteiger charge is 2.28. The van der Waals surface area contributed by atoms with Gasteiger partial charge in [-0.3, -0.25) is 0 Å². The fourth-order valence-electron chi connectivity index (χ4n) is 3.13. The van der Waals surface area contributed by atoms with Crippen molar-refractivity contribution in [3.8, 4) is 11.5 Å². The van der Waals surface area contributed by atoms with Gasteiger partial charge in [0.05, 0.1) is 6.61 Å². The second-order valence-electron chi connectivity index (χ2n) is 8.12. The van der Waals surface area contributed by atoms with Crippen LogP contribution in [-0.4, -0.2) is 36.8 Å². The molecule has 0 saturated heterocycles. The summed E-state index contributed by atoms with van der Waals surface area (Å²) in [6.07, 6.45) is 1.57. The highest BCUT2D eigenvalue weighted by Crippen LogP contribution is 2.13. The normalized spacial score (nSPS) is 13.1. The topological polar surface area (TPSA) is 103 Å². The van der Waals surface area contributed by atoms with Crippen LogP contribution in [0.4, 0.5) is 9.59 Å². The van der Waals surface area contributed by atoms with E-state index in [1.807, 2.05) is 32.9 Å². The summed E-state index contributed by atoms with van der Waals surface area (Å²) >= 11 is 0. The van der Waals surface area contributed by atoms with Gasteiger partial charge < -0.3 is 24.8 Å². The van der Waals surface area contributed by atoms with Crippen LogP contribution < -0.4 is 20.1 Å². The van der Waals surface area contributed by atoms with Crippen molar-refractivity contribution in [1.29, 1.82) is 0 Å². The Morgan fingerprint density at radius 1 is 0.794 bits per heavy atom. The molecule has 0 bridgehead atoms. The van der Waals surface area contributed by atoms with Crippen LogP contribution in [0.5, 0.6) is 11.5 Å². The van der Waals surface area contributed by atoms with Gasteiger partial charge in [-0.25, -0.2) is 14.4 Å². The van der Waals surface area contributed by atoms with E-state index in [0.717, 1.165) is 6.42 Å². The number of benzene rings is 2. The van der Waals surface area contributed by atoms with E-state index >= 15 is 0 Å². The molecule has 8 heteroatoms. The molecule has 2 aromatic carbocycles. The Morgan fingerprint density at radius 3 is 1.85 bits per heavy atom. The van der Waals surface area contributed by atoms with E-state index < -0.39 is 24.2 Å². The zero-order valence-electron chi connectivity index (χ0n) is 20.0. The number of esters is 1.